The van der Waals surface area contributed by atoms with Gasteiger partial charge < -0.3 is 15.0 Å². The summed E-state index contributed by atoms with van der Waals surface area (Å²) in [6, 6.07) is 4.55. The number of carbonyl (C=O) groups excluding carboxylic acids is 1. The van der Waals surface area contributed by atoms with Gasteiger partial charge in [0.05, 0.1) is 12.7 Å². The summed E-state index contributed by atoms with van der Waals surface area (Å²) in [5.74, 6) is -0.298. The number of ether oxygens (including phenoxy) is 1. The van der Waals surface area contributed by atoms with Crippen molar-refractivity contribution in [3.05, 3.63) is 29.6 Å². The molecule has 20 heavy (non-hydrogen) atoms. The summed E-state index contributed by atoms with van der Waals surface area (Å²) >= 11 is 0. The lowest BCUT2D eigenvalue weighted by molar-refractivity contribution is 0.0600. The standard InChI is InChI=1S/C15H19FN2O2/c1-20-15(19)12-8-11(16)2-3-13(12)17-14-9-18-6-4-10(14)5-7-18/h2-3,8,10,14,17H,4-7,9H2,1H3. The Morgan fingerprint density at radius 1 is 1.40 bits per heavy atom. The molecule has 3 aliphatic heterocycles. The second-order valence-corrected chi connectivity index (χ2v) is 5.57. The van der Waals surface area contributed by atoms with E-state index in [-0.39, 0.29) is 5.56 Å². The van der Waals surface area contributed by atoms with Crippen LogP contribution in [0.1, 0.15) is 23.2 Å². The van der Waals surface area contributed by atoms with Crippen LogP contribution in [0.5, 0.6) is 0 Å². The normalized spacial score (nSPS) is 28.2. The second kappa shape index (κ2) is 5.40. The number of piperidine rings is 3. The minimum Gasteiger partial charge on any atom is -0.465 e. The topological polar surface area (TPSA) is 41.6 Å². The molecule has 108 valence electrons. The fourth-order valence-electron chi connectivity index (χ4n) is 3.25. The molecule has 0 spiro atoms. The van der Waals surface area contributed by atoms with Gasteiger partial charge in [-0.25, -0.2) is 9.18 Å². The van der Waals surface area contributed by atoms with Crippen molar-refractivity contribution in [1.82, 2.24) is 4.90 Å². The quantitative estimate of drug-likeness (QED) is 0.860. The highest BCUT2D eigenvalue weighted by Gasteiger charge is 2.34. The molecule has 3 heterocycles. The molecule has 1 N–H and O–H groups in total. The maximum atomic E-state index is 13.3. The number of benzene rings is 1. The molecule has 0 aromatic heterocycles. The van der Waals surface area contributed by atoms with Gasteiger partial charge in [0, 0.05) is 18.3 Å². The number of nitrogens with zero attached hydrogens (tertiary/aromatic N) is 1. The monoisotopic (exact) mass is 278 g/mol. The van der Waals surface area contributed by atoms with Crippen molar-refractivity contribution in [2.24, 2.45) is 5.92 Å². The van der Waals surface area contributed by atoms with Crippen LogP contribution in [0.2, 0.25) is 0 Å². The average molecular weight is 278 g/mol. The molecule has 0 saturated carbocycles. The average Bonchev–Trinajstić information content (AvgIpc) is 2.49. The van der Waals surface area contributed by atoms with E-state index in [2.05, 4.69) is 10.2 Å². The van der Waals surface area contributed by atoms with E-state index >= 15 is 0 Å². The molecule has 0 radical (unpaired) electrons. The van der Waals surface area contributed by atoms with Gasteiger partial charge >= 0.3 is 5.97 Å². The van der Waals surface area contributed by atoms with Crippen LogP contribution >= 0.6 is 0 Å². The van der Waals surface area contributed by atoms with Crippen LogP contribution < -0.4 is 5.32 Å². The van der Waals surface area contributed by atoms with Gasteiger partial charge in [0.2, 0.25) is 0 Å². The van der Waals surface area contributed by atoms with Gasteiger partial charge in [-0.15, -0.1) is 0 Å². The lowest BCUT2D eigenvalue weighted by Gasteiger charge is -2.45. The summed E-state index contributed by atoms with van der Waals surface area (Å²) in [5.41, 5.74) is 0.931. The van der Waals surface area contributed by atoms with Crippen molar-refractivity contribution in [2.45, 2.75) is 18.9 Å². The predicted octanol–water partition coefficient (Wildman–Crippen LogP) is 2.12. The second-order valence-electron chi connectivity index (χ2n) is 5.57. The Bertz CT molecular complexity index is 513. The summed E-state index contributed by atoms with van der Waals surface area (Å²) in [7, 11) is 1.31. The van der Waals surface area contributed by atoms with E-state index in [4.69, 9.17) is 4.74 Å². The zero-order valence-corrected chi connectivity index (χ0v) is 11.6. The van der Waals surface area contributed by atoms with Crippen LogP contribution in [0.25, 0.3) is 0 Å². The van der Waals surface area contributed by atoms with Crippen molar-refractivity contribution in [1.29, 1.82) is 0 Å². The first kappa shape index (κ1) is 13.4. The van der Waals surface area contributed by atoms with E-state index in [1.807, 2.05) is 0 Å². The summed E-state index contributed by atoms with van der Waals surface area (Å²) in [6.45, 7) is 3.31. The van der Waals surface area contributed by atoms with Crippen molar-refractivity contribution in [2.75, 3.05) is 32.1 Å². The summed E-state index contributed by atoms with van der Waals surface area (Å²) in [4.78, 5) is 14.2. The van der Waals surface area contributed by atoms with Gasteiger partial charge in [-0.3, -0.25) is 0 Å². The molecule has 1 atom stereocenters. The van der Waals surface area contributed by atoms with E-state index in [0.29, 0.717) is 17.6 Å². The number of fused-ring (bicyclic) bond motifs is 3. The predicted molar refractivity (Wildman–Crippen MR) is 74.3 cm³/mol. The van der Waals surface area contributed by atoms with Gasteiger partial charge in [0.15, 0.2) is 0 Å². The number of hydrogen-bond acceptors (Lipinski definition) is 4. The molecule has 3 fully saturated rings. The zero-order valence-electron chi connectivity index (χ0n) is 11.6. The van der Waals surface area contributed by atoms with Gasteiger partial charge in [0.25, 0.3) is 0 Å². The van der Waals surface area contributed by atoms with Crippen LogP contribution in [0.3, 0.4) is 0 Å². The Morgan fingerprint density at radius 3 is 2.75 bits per heavy atom. The SMILES string of the molecule is COC(=O)c1cc(F)ccc1NC1CN2CCC1CC2. The van der Waals surface area contributed by atoms with Crippen LogP contribution in [0.4, 0.5) is 10.1 Å². The van der Waals surface area contributed by atoms with E-state index in [1.54, 1.807) is 6.07 Å². The Morgan fingerprint density at radius 2 is 2.15 bits per heavy atom. The molecule has 4 rings (SSSR count). The number of hydrogen-bond donors (Lipinski definition) is 1. The number of halogens is 1. The van der Waals surface area contributed by atoms with Crippen LogP contribution in [0.15, 0.2) is 18.2 Å². The van der Waals surface area contributed by atoms with Crippen LogP contribution in [-0.4, -0.2) is 43.7 Å². The van der Waals surface area contributed by atoms with Gasteiger partial charge in [-0.2, -0.15) is 0 Å². The highest BCUT2D eigenvalue weighted by Crippen LogP contribution is 2.30. The van der Waals surface area contributed by atoms with Gasteiger partial charge in [0.1, 0.15) is 5.82 Å². The van der Waals surface area contributed by atoms with E-state index < -0.39 is 11.8 Å². The maximum absolute atomic E-state index is 13.3. The number of rotatable bonds is 3. The van der Waals surface area contributed by atoms with E-state index in [9.17, 15) is 9.18 Å². The van der Waals surface area contributed by atoms with Gasteiger partial charge in [-0.05, 0) is 50.0 Å². The first-order valence-electron chi connectivity index (χ1n) is 7.04. The molecule has 1 unspecified atom stereocenters. The minimum absolute atomic E-state index is 0.268. The Labute approximate surface area is 117 Å². The van der Waals surface area contributed by atoms with Crippen LogP contribution in [0, 0.1) is 11.7 Å². The van der Waals surface area contributed by atoms with E-state index in [1.165, 1.54) is 32.1 Å². The molecule has 3 aliphatic rings. The first-order chi connectivity index (χ1) is 9.67. The van der Waals surface area contributed by atoms with Crippen molar-refractivity contribution in [3.8, 4) is 0 Å². The molecule has 1 aromatic carbocycles. The molecular weight excluding hydrogens is 259 g/mol. The first-order valence-corrected chi connectivity index (χ1v) is 7.04. The lowest BCUT2D eigenvalue weighted by atomic mass is 9.84. The number of carbonyl (C=O) groups is 1. The molecule has 2 bridgehead atoms. The molecular formula is C15H19FN2O2. The third-order valence-corrected chi connectivity index (χ3v) is 4.38. The zero-order chi connectivity index (χ0) is 14.1. The minimum atomic E-state index is -0.506. The largest absolute Gasteiger partial charge is 0.465 e. The fraction of sp³-hybridized carbons (Fsp3) is 0.533. The summed E-state index contributed by atoms with van der Waals surface area (Å²) in [5, 5.41) is 3.41. The van der Waals surface area contributed by atoms with Crippen molar-refractivity contribution < 1.29 is 13.9 Å². The maximum Gasteiger partial charge on any atom is 0.340 e. The smallest absolute Gasteiger partial charge is 0.340 e. The summed E-state index contributed by atoms with van der Waals surface area (Å²) < 4.78 is 18.1. The highest BCUT2D eigenvalue weighted by molar-refractivity contribution is 5.95. The number of esters is 1. The molecule has 0 amide bonds. The Hall–Kier alpha value is -1.62. The van der Waals surface area contributed by atoms with Crippen molar-refractivity contribution >= 4 is 11.7 Å². The highest BCUT2D eigenvalue weighted by atomic mass is 19.1. The third-order valence-electron chi connectivity index (χ3n) is 4.38. The number of anilines is 1. The Balaban J connectivity index is 1.82. The van der Waals surface area contributed by atoms with E-state index in [0.717, 1.165) is 19.6 Å². The molecule has 5 heteroatoms. The Kier molecular flexibility index (Phi) is 3.61. The molecule has 1 aromatic rings. The lowest BCUT2D eigenvalue weighted by Crippen LogP contribution is -2.53. The fourth-order valence-corrected chi connectivity index (χ4v) is 3.25. The number of methoxy groups -OCH3 is 1. The third kappa shape index (κ3) is 2.50. The molecule has 4 nitrogen and oxygen atoms in total. The summed E-state index contributed by atoms with van der Waals surface area (Å²) in [6.07, 6.45) is 2.37. The van der Waals surface area contributed by atoms with Crippen molar-refractivity contribution in [3.63, 3.8) is 0 Å². The van der Waals surface area contributed by atoms with Gasteiger partial charge in [-0.1, -0.05) is 0 Å². The molecule has 0 aliphatic carbocycles. The number of nitrogens with one attached hydrogen (secondary N) is 1. The van der Waals surface area contributed by atoms with Crippen LogP contribution in [-0.2, 0) is 4.74 Å². The molecule has 3 saturated heterocycles.